The molecule has 1 N–H and O–H groups in total. The van der Waals surface area contributed by atoms with Crippen LogP contribution in [0.2, 0.25) is 0 Å². The Balaban J connectivity index is 1.74. The van der Waals surface area contributed by atoms with Gasteiger partial charge in [0, 0.05) is 30.3 Å². The number of alkyl halides is 1. The lowest BCUT2D eigenvalue weighted by atomic mass is 9.94. The molecule has 3 heterocycles. The van der Waals surface area contributed by atoms with E-state index < -0.39 is 41.6 Å². The van der Waals surface area contributed by atoms with Crippen LogP contribution >= 0.6 is 11.6 Å². The maximum atomic E-state index is 13.8. The third-order valence-corrected chi connectivity index (χ3v) is 6.95. The summed E-state index contributed by atoms with van der Waals surface area (Å²) in [6, 6.07) is 17.3. The second-order valence-corrected chi connectivity index (χ2v) is 9.75. The quantitative estimate of drug-likeness (QED) is 0.373. The largest absolute Gasteiger partial charge is 0.509 e. The second-order valence-electron chi connectivity index (χ2n) is 9.53. The Morgan fingerprint density at radius 3 is 2.51 bits per heavy atom. The van der Waals surface area contributed by atoms with Gasteiger partial charge in [0.1, 0.15) is 30.7 Å². The first-order valence-electron chi connectivity index (χ1n) is 12.5. The van der Waals surface area contributed by atoms with Gasteiger partial charge in [0.25, 0.3) is 5.91 Å². The maximum absolute atomic E-state index is 13.8. The van der Waals surface area contributed by atoms with Crippen molar-refractivity contribution in [2.75, 3.05) is 17.7 Å². The van der Waals surface area contributed by atoms with Gasteiger partial charge in [0.15, 0.2) is 17.5 Å². The van der Waals surface area contributed by atoms with Crippen LogP contribution in [0.15, 0.2) is 71.7 Å². The molecule has 3 atom stereocenters. The van der Waals surface area contributed by atoms with Crippen molar-refractivity contribution in [2.45, 2.75) is 44.6 Å². The van der Waals surface area contributed by atoms with Crippen LogP contribution in [0.4, 0.5) is 4.79 Å². The van der Waals surface area contributed by atoms with E-state index in [1.165, 1.54) is 12.3 Å². The summed E-state index contributed by atoms with van der Waals surface area (Å²) in [6.45, 7) is 3.56. The number of aromatic nitrogens is 1. The van der Waals surface area contributed by atoms with Crippen LogP contribution in [0.5, 0.6) is 11.5 Å². The molecule has 0 radical (unpaired) electrons. The number of pyridine rings is 1. The molecule has 0 spiro atoms. The number of carbonyl (C=O) groups is 2. The number of benzene rings is 2. The SMILES string of the molecule is CC(C)N1C(=O)c2c(O)c(=O)ccn2N2[C@H](c3ccccc3)c3ccccc3OC(COC(=O)OCCl)C[C@@H]12. The first kappa shape index (κ1) is 26.4. The minimum Gasteiger partial charge on any atom is -0.502 e. The molecule has 2 aromatic carbocycles. The van der Waals surface area contributed by atoms with Crippen LogP contribution in [-0.4, -0.2) is 57.7 Å². The monoisotopic (exact) mass is 553 g/mol. The molecule has 1 aromatic heterocycles. The van der Waals surface area contributed by atoms with Crippen LogP contribution in [-0.2, 0) is 9.47 Å². The van der Waals surface area contributed by atoms with Gasteiger partial charge < -0.3 is 24.2 Å². The van der Waals surface area contributed by atoms with Gasteiger partial charge in [-0.15, -0.1) is 0 Å². The average Bonchev–Trinajstić information content (AvgIpc) is 2.91. The minimum absolute atomic E-state index is 0.120. The zero-order valence-electron chi connectivity index (χ0n) is 21.4. The number of ether oxygens (including phenoxy) is 3. The van der Waals surface area contributed by atoms with Gasteiger partial charge in [-0.05, 0) is 25.5 Å². The van der Waals surface area contributed by atoms with Crippen molar-refractivity contribution >= 4 is 23.7 Å². The van der Waals surface area contributed by atoms with E-state index in [0.717, 1.165) is 11.1 Å². The normalized spacial score (nSPS) is 20.2. The summed E-state index contributed by atoms with van der Waals surface area (Å²) < 4.78 is 17.9. The standard InChI is InChI=1S/C28H28ClN3O7/c1-17(2)31-23-14-19(15-37-28(36)38-16-29)39-22-11-7-6-10-20(22)24(18-8-4-3-5-9-18)32(23)30-13-12-21(33)26(34)25(30)27(31)35/h3-13,17,19,23-24,34H,14-16H2,1-2H3/t19?,23-,24+/m0/s1. The smallest absolute Gasteiger partial charge is 0.502 e. The zero-order valence-corrected chi connectivity index (χ0v) is 22.2. The Kier molecular flexibility index (Phi) is 7.38. The summed E-state index contributed by atoms with van der Waals surface area (Å²) in [7, 11) is 0. The van der Waals surface area contributed by atoms with Gasteiger partial charge in [-0.3, -0.25) is 19.3 Å². The Hall–Kier alpha value is -4.18. The molecule has 3 aromatic rings. The van der Waals surface area contributed by atoms with Crippen molar-refractivity contribution in [3.63, 3.8) is 0 Å². The molecule has 204 valence electrons. The van der Waals surface area contributed by atoms with Crippen LogP contribution in [0.3, 0.4) is 0 Å². The molecule has 10 nitrogen and oxygen atoms in total. The highest BCUT2D eigenvalue weighted by atomic mass is 35.5. The van der Waals surface area contributed by atoms with Crippen molar-refractivity contribution in [2.24, 2.45) is 0 Å². The Morgan fingerprint density at radius 1 is 1.08 bits per heavy atom. The Labute approximate surface area is 229 Å². The first-order valence-corrected chi connectivity index (χ1v) is 13.1. The highest BCUT2D eigenvalue weighted by Gasteiger charge is 2.47. The van der Waals surface area contributed by atoms with Gasteiger partial charge in [-0.2, -0.15) is 0 Å². The lowest BCUT2D eigenvalue weighted by Crippen LogP contribution is -2.65. The molecular weight excluding hydrogens is 526 g/mol. The molecule has 0 bridgehead atoms. The van der Waals surface area contributed by atoms with Crippen molar-refractivity contribution in [3.05, 3.63) is 93.9 Å². The second kappa shape index (κ2) is 10.9. The summed E-state index contributed by atoms with van der Waals surface area (Å²) in [5, 5.41) is 12.8. The minimum atomic E-state index is -0.934. The molecule has 1 unspecified atom stereocenters. The molecule has 0 saturated carbocycles. The highest BCUT2D eigenvalue weighted by molar-refractivity contribution is 6.17. The maximum Gasteiger partial charge on any atom is 0.509 e. The number of amides is 1. The predicted molar refractivity (Wildman–Crippen MR) is 143 cm³/mol. The number of fused-ring (bicyclic) bond motifs is 4. The van der Waals surface area contributed by atoms with Crippen LogP contribution in [0.25, 0.3) is 0 Å². The van der Waals surface area contributed by atoms with E-state index in [2.05, 4.69) is 0 Å². The number of rotatable bonds is 5. The Bertz CT molecular complexity index is 1430. The number of hydrogen-bond donors (Lipinski definition) is 1. The first-order chi connectivity index (χ1) is 18.8. The highest BCUT2D eigenvalue weighted by Crippen LogP contribution is 2.42. The average molecular weight is 554 g/mol. The van der Waals surface area contributed by atoms with E-state index >= 15 is 0 Å². The molecule has 2 aliphatic heterocycles. The van der Waals surface area contributed by atoms with Gasteiger partial charge in [0.2, 0.25) is 5.43 Å². The van der Waals surface area contributed by atoms with Crippen molar-refractivity contribution in [3.8, 4) is 11.5 Å². The lowest BCUT2D eigenvalue weighted by Gasteiger charge is -2.52. The number of hydrogen-bond acceptors (Lipinski definition) is 8. The molecule has 2 aliphatic rings. The van der Waals surface area contributed by atoms with E-state index in [-0.39, 0.29) is 30.8 Å². The van der Waals surface area contributed by atoms with Gasteiger partial charge in [0.05, 0.1) is 0 Å². The van der Waals surface area contributed by atoms with Crippen molar-refractivity contribution in [1.82, 2.24) is 9.58 Å². The third-order valence-electron chi connectivity index (χ3n) is 6.84. The summed E-state index contributed by atoms with van der Waals surface area (Å²) in [5.41, 5.74) is 0.920. The molecule has 5 rings (SSSR count). The molecule has 11 heteroatoms. The van der Waals surface area contributed by atoms with Crippen LogP contribution < -0.4 is 15.2 Å². The van der Waals surface area contributed by atoms with E-state index in [1.807, 2.05) is 73.5 Å². The molecule has 1 amide bonds. The van der Waals surface area contributed by atoms with Gasteiger partial charge >= 0.3 is 6.16 Å². The lowest BCUT2D eigenvalue weighted by molar-refractivity contribution is 0.00584. The van der Waals surface area contributed by atoms with Crippen molar-refractivity contribution in [1.29, 1.82) is 0 Å². The summed E-state index contributed by atoms with van der Waals surface area (Å²) >= 11 is 5.49. The number of para-hydroxylation sites is 1. The summed E-state index contributed by atoms with van der Waals surface area (Å²) in [4.78, 5) is 39.9. The molecular formula is C28H28ClN3O7. The number of carbonyl (C=O) groups excluding carboxylic acids is 2. The topological polar surface area (TPSA) is 111 Å². The summed E-state index contributed by atoms with van der Waals surface area (Å²) in [5.74, 6) is -0.555. The van der Waals surface area contributed by atoms with E-state index in [9.17, 15) is 19.5 Å². The number of halogens is 1. The fourth-order valence-corrected chi connectivity index (χ4v) is 5.36. The fraction of sp³-hybridized carbons (Fsp3) is 0.321. The van der Waals surface area contributed by atoms with Crippen LogP contribution in [0, 0.1) is 0 Å². The molecule has 0 aliphatic carbocycles. The van der Waals surface area contributed by atoms with Gasteiger partial charge in [-0.25, -0.2) is 4.79 Å². The molecule has 0 saturated heterocycles. The predicted octanol–water partition coefficient (Wildman–Crippen LogP) is 3.97. The molecule has 0 fully saturated rings. The molecule has 39 heavy (non-hydrogen) atoms. The fourth-order valence-electron chi connectivity index (χ4n) is 5.27. The number of nitrogens with zero attached hydrogens (tertiary/aromatic N) is 3. The van der Waals surface area contributed by atoms with Crippen molar-refractivity contribution < 1.29 is 28.9 Å². The van der Waals surface area contributed by atoms with E-state index in [4.69, 9.17) is 25.8 Å². The third kappa shape index (κ3) is 4.87. The van der Waals surface area contributed by atoms with Crippen LogP contribution in [0.1, 0.15) is 47.9 Å². The van der Waals surface area contributed by atoms with E-state index in [0.29, 0.717) is 5.75 Å². The van der Waals surface area contributed by atoms with E-state index in [1.54, 1.807) is 9.58 Å². The zero-order chi connectivity index (χ0) is 27.7. The summed E-state index contributed by atoms with van der Waals surface area (Å²) in [6.07, 6.45) is -0.507. The Morgan fingerprint density at radius 2 is 1.79 bits per heavy atom. The van der Waals surface area contributed by atoms with Gasteiger partial charge in [-0.1, -0.05) is 60.1 Å². The number of aromatic hydroxyl groups is 1.